The van der Waals surface area contributed by atoms with Crippen LogP contribution < -0.4 is 5.73 Å². The lowest BCUT2D eigenvalue weighted by atomic mass is 9.99. The molecule has 0 aromatic carbocycles. The van der Waals surface area contributed by atoms with Crippen molar-refractivity contribution in [3.63, 3.8) is 0 Å². The third kappa shape index (κ3) is 4.07. The summed E-state index contributed by atoms with van der Waals surface area (Å²) < 4.78 is 0. The van der Waals surface area contributed by atoms with Crippen LogP contribution >= 0.6 is 11.3 Å². The topological polar surface area (TPSA) is 63.4 Å². The molecule has 20 heavy (non-hydrogen) atoms. The van der Waals surface area contributed by atoms with Crippen LogP contribution in [0.3, 0.4) is 0 Å². The molecule has 1 aliphatic heterocycles. The predicted molar refractivity (Wildman–Crippen MR) is 80.7 cm³/mol. The van der Waals surface area contributed by atoms with Crippen LogP contribution in [0.5, 0.6) is 0 Å². The molecular formula is C15H22N2O2S. The Balaban J connectivity index is 1.91. The third-order valence-corrected chi connectivity index (χ3v) is 4.93. The Labute approximate surface area is 124 Å². The SMILES string of the molecule is Cc1ccc(C2CCCN(CCCC(N)=O)C(=O)C2)s1. The second-order valence-corrected chi connectivity index (χ2v) is 6.76. The average molecular weight is 294 g/mol. The summed E-state index contributed by atoms with van der Waals surface area (Å²) in [5, 5.41) is 0. The Bertz CT molecular complexity index is 484. The van der Waals surface area contributed by atoms with Gasteiger partial charge in [0.1, 0.15) is 0 Å². The summed E-state index contributed by atoms with van der Waals surface area (Å²) in [4.78, 5) is 27.6. The van der Waals surface area contributed by atoms with Crippen LogP contribution in [0.4, 0.5) is 0 Å². The van der Waals surface area contributed by atoms with E-state index in [1.807, 2.05) is 4.90 Å². The Morgan fingerprint density at radius 3 is 2.95 bits per heavy atom. The molecule has 0 saturated carbocycles. The van der Waals surface area contributed by atoms with Crippen LogP contribution in [0, 0.1) is 6.92 Å². The zero-order valence-electron chi connectivity index (χ0n) is 11.9. The van der Waals surface area contributed by atoms with Crippen LogP contribution in [0.2, 0.25) is 0 Å². The highest BCUT2D eigenvalue weighted by Crippen LogP contribution is 2.33. The minimum absolute atomic E-state index is 0.211. The van der Waals surface area contributed by atoms with Crippen molar-refractivity contribution in [1.82, 2.24) is 4.90 Å². The summed E-state index contributed by atoms with van der Waals surface area (Å²) >= 11 is 1.80. The number of carbonyl (C=O) groups excluding carboxylic acids is 2. The first-order valence-corrected chi connectivity index (χ1v) is 8.00. The van der Waals surface area contributed by atoms with Crippen molar-refractivity contribution in [2.75, 3.05) is 13.1 Å². The molecule has 0 bridgehead atoms. The number of amides is 2. The van der Waals surface area contributed by atoms with E-state index in [0.717, 1.165) is 19.4 Å². The summed E-state index contributed by atoms with van der Waals surface area (Å²) in [5.41, 5.74) is 5.13. The molecule has 0 radical (unpaired) electrons. The maximum absolute atomic E-state index is 12.3. The van der Waals surface area contributed by atoms with E-state index in [9.17, 15) is 9.59 Å². The van der Waals surface area contributed by atoms with Crippen LogP contribution in [-0.2, 0) is 9.59 Å². The normalized spacial score (nSPS) is 19.9. The minimum Gasteiger partial charge on any atom is -0.370 e. The van der Waals surface area contributed by atoms with Gasteiger partial charge in [-0.05, 0) is 38.3 Å². The van der Waals surface area contributed by atoms with Crippen LogP contribution in [0.15, 0.2) is 12.1 Å². The highest BCUT2D eigenvalue weighted by Gasteiger charge is 2.25. The number of carbonyl (C=O) groups is 2. The van der Waals surface area contributed by atoms with E-state index in [-0.39, 0.29) is 11.8 Å². The van der Waals surface area contributed by atoms with Gasteiger partial charge < -0.3 is 10.6 Å². The van der Waals surface area contributed by atoms with Crippen molar-refractivity contribution >= 4 is 23.2 Å². The van der Waals surface area contributed by atoms with E-state index >= 15 is 0 Å². The monoisotopic (exact) mass is 294 g/mol. The third-order valence-electron chi connectivity index (χ3n) is 3.77. The average Bonchev–Trinajstić information content (AvgIpc) is 2.73. The first kappa shape index (κ1) is 15.0. The molecule has 0 spiro atoms. The number of aryl methyl sites for hydroxylation is 1. The van der Waals surface area contributed by atoms with E-state index in [1.165, 1.54) is 9.75 Å². The van der Waals surface area contributed by atoms with Gasteiger partial charge in [0.2, 0.25) is 11.8 Å². The number of primary amides is 1. The largest absolute Gasteiger partial charge is 0.370 e. The summed E-state index contributed by atoms with van der Waals surface area (Å²) in [7, 11) is 0. The highest BCUT2D eigenvalue weighted by atomic mass is 32.1. The molecule has 5 heteroatoms. The van der Waals surface area contributed by atoms with Gasteiger partial charge >= 0.3 is 0 Å². The number of nitrogens with two attached hydrogens (primary N) is 1. The molecule has 2 heterocycles. The first-order valence-electron chi connectivity index (χ1n) is 7.18. The molecule has 2 rings (SSSR count). The Kier molecular flexibility index (Phi) is 5.17. The molecule has 1 aliphatic rings. The smallest absolute Gasteiger partial charge is 0.223 e. The fourth-order valence-electron chi connectivity index (χ4n) is 2.69. The molecule has 110 valence electrons. The van der Waals surface area contributed by atoms with Crippen molar-refractivity contribution in [3.8, 4) is 0 Å². The van der Waals surface area contributed by atoms with Crippen LogP contribution in [0.25, 0.3) is 0 Å². The van der Waals surface area contributed by atoms with E-state index in [4.69, 9.17) is 5.73 Å². The molecule has 2 N–H and O–H groups in total. The predicted octanol–water partition coefficient (Wildman–Crippen LogP) is 2.42. The van der Waals surface area contributed by atoms with Crippen molar-refractivity contribution in [2.24, 2.45) is 5.73 Å². The maximum Gasteiger partial charge on any atom is 0.223 e. The van der Waals surface area contributed by atoms with Gasteiger partial charge in [-0.25, -0.2) is 0 Å². The zero-order valence-corrected chi connectivity index (χ0v) is 12.7. The van der Waals surface area contributed by atoms with Crippen molar-refractivity contribution in [2.45, 2.75) is 44.9 Å². The maximum atomic E-state index is 12.3. The van der Waals surface area contributed by atoms with E-state index in [1.54, 1.807) is 11.3 Å². The molecule has 1 unspecified atom stereocenters. The van der Waals surface area contributed by atoms with Gasteiger partial charge in [-0.3, -0.25) is 9.59 Å². The Hall–Kier alpha value is -1.36. The quantitative estimate of drug-likeness (QED) is 0.906. The second-order valence-electron chi connectivity index (χ2n) is 5.44. The second kappa shape index (κ2) is 6.88. The molecular weight excluding hydrogens is 272 g/mol. The summed E-state index contributed by atoms with van der Waals surface area (Å²) in [6, 6.07) is 4.28. The van der Waals surface area contributed by atoms with Gasteiger partial charge in [-0.1, -0.05) is 0 Å². The fraction of sp³-hybridized carbons (Fsp3) is 0.600. The number of hydrogen-bond acceptors (Lipinski definition) is 3. The van der Waals surface area contributed by atoms with Crippen LogP contribution in [-0.4, -0.2) is 29.8 Å². The van der Waals surface area contributed by atoms with E-state index < -0.39 is 0 Å². The minimum atomic E-state index is -0.292. The molecule has 4 nitrogen and oxygen atoms in total. The van der Waals surface area contributed by atoms with Crippen molar-refractivity contribution < 1.29 is 9.59 Å². The number of thiophene rings is 1. The van der Waals surface area contributed by atoms with Gasteiger partial charge in [0.05, 0.1) is 0 Å². The molecule has 2 amide bonds. The number of nitrogens with zero attached hydrogens (tertiary/aromatic N) is 1. The summed E-state index contributed by atoms with van der Waals surface area (Å²) in [6.45, 7) is 3.55. The van der Waals surface area contributed by atoms with E-state index in [0.29, 0.717) is 31.7 Å². The van der Waals surface area contributed by atoms with Gasteiger partial charge in [-0.15, -0.1) is 11.3 Å². The Morgan fingerprint density at radius 1 is 1.50 bits per heavy atom. The van der Waals surface area contributed by atoms with Crippen LogP contribution in [0.1, 0.15) is 47.8 Å². The molecule has 1 aromatic heterocycles. The lowest BCUT2D eigenvalue weighted by Gasteiger charge is -2.20. The number of hydrogen-bond donors (Lipinski definition) is 1. The van der Waals surface area contributed by atoms with Gasteiger partial charge in [0, 0.05) is 41.6 Å². The zero-order chi connectivity index (χ0) is 14.5. The van der Waals surface area contributed by atoms with Gasteiger partial charge in [0.25, 0.3) is 0 Å². The summed E-state index contributed by atoms with van der Waals surface area (Å²) in [6.07, 6.45) is 3.72. The van der Waals surface area contributed by atoms with E-state index in [2.05, 4.69) is 19.1 Å². The first-order chi connectivity index (χ1) is 9.56. The van der Waals surface area contributed by atoms with Crippen molar-refractivity contribution in [3.05, 3.63) is 21.9 Å². The standard InChI is InChI=1S/C15H22N2O2S/c1-11-6-7-13(20-11)12-4-2-8-17(15(19)10-12)9-3-5-14(16)18/h6-7,12H,2-5,8-10H2,1H3,(H2,16,18). The lowest BCUT2D eigenvalue weighted by Crippen LogP contribution is -2.32. The van der Waals surface area contributed by atoms with Gasteiger partial charge in [0.15, 0.2) is 0 Å². The fourth-order valence-corrected chi connectivity index (χ4v) is 3.70. The number of likely N-dealkylation sites (tertiary alicyclic amines) is 1. The molecule has 1 fully saturated rings. The lowest BCUT2D eigenvalue weighted by molar-refractivity contribution is -0.131. The molecule has 1 saturated heterocycles. The van der Waals surface area contributed by atoms with Gasteiger partial charge in [-0.2, -0.15) is 0 Å². The molecule has 1 aromatic rings. The summed E-state index contributed by atoms with van der Waals surface area (Å²) in [5.74, 6) is 0.282. The highest BCUT2D eigenvalue weighted by molar-refractivity contribution is 7.12. The Morgan fingerprint density at radius 2 is 2.30 bits per heavy atom. The molecule has 1 atom stereocenters. The number of rotatable bonds is 5. The van der Waals surface area contributed by atoms with Crippen molar-refractivity contribution in [1.29, 1.82) is 0 Å². The molecule has 0 aliphatic carbocycles.